The molecule has 0 aliphatic heterocycles. The van der Waals surface area contributed by atoms with E-state index in [0.29, 0.717) is 0 Å². The highest BCUT2D eigenvalue weighted by molar-refractivity contribution is 14.1. The van der Waals surface area contributed by atoms with Crippen molar-refractivity contribution in [2.75, 3.05) is 0 Å². The Morgan fingerprint density at radius 1 is 2.00 bits per heavy atom. The van der Waals surface area contributed by atoms with Crippen LogP contribution in [0, 0.1) is 0 Å². The maximum Gasteiger partial charge on any atom is 0.164 e. The van der Waals surface area contributed by atoms with Crippen molar-refractivity contribution in [2.24, 2.45) is 0 Å². The average Bonchev–Trinajstić information content (AvgIpc) is 1.65. The van der Waals surface area contributed by atoms with Crippen LogP contribution in [0.3, 0.4) is 0 Å². The van der Waals surface area contributed by atoms with Crippen molar-refractivity contribution in [1.29, 1.82) is 0 Å². The van der Waals surface area contributed by atoms with Crippen LogP contribution < -0.4 is 0 Å². The van der Waals surface area contributed by atoms with Gasteiger partial charge in [-0.05, 0) is 35.1 Å². The predicted molar refractivity (Wildman–Crippen MR) is 36.3 cm³/mol. The number of alkyl halides is 1. The molecule has 0 saturated carbocycles. The summed E-state index contributed by atoms with van der Waals surface area (Å²) >= 11 is 1.92. The fourth-order valence-corrected chi connectivity index (χ4v) is 0.0900. The van der Waals surface area contributed by atoms with E-state index in [4.69, 9.17) is 5.26 Å². The number of halogens is 1. The molecule has 1 atom stereocenters. The molecular formula is C4H7IO2. The van der Waals surface area contributed by atoms with Crippen molar-refractivity contribution in [3.05, 3.63) is 12.2 Å². The quantitative estimate of drug-likeness (QED) is 0.250. The normalized spacial score (nSPS) is 13.6. The van der Waals surface area contributed by atoms with Crippen LogP contribution in [-0.4, -0.2) is 9.37 Å². The molecule has 0 aromatic carbocycles. The zero-order valence-electron chi connectivity index (χ0n) is 4.02. The van der Waals surface area contributed by atoms with Gasteiger partial charge in [0.05, 0.1) is 0 Å². The van der Waals surface area contributed by atoms with E-state index in [1.165, 1.54) is 0 Å². The summed E-state index contributed by atoms with van der Waals surface area (Å²) in [4.78, 5) is 3.90. The second-order valence-electron chi connectivity index (χ2n) is 1.27. The molecule has 0 aromatic heterocycles. The van der Waals surface area contributed by atoms with Crippen molar-refractivity contribution in [3.63, 3.8) is 0 Å². The molecular weight excluding hydrogens is 207 g/mol. The first kappa shape index (κ1) is 7.39. The molecule has 0 heterocycles. The standard InChI is InChI=1S/C4H7IO2/c1-3(2)4(5)7-6/h4,6H,1H2,2H3. The minimum Gasteiger partial charge on any atom is -0.250 e. The number of hydrogen-bond acceptors (Lipinski definition) is 2. The molecule has 0 spiro atoms. The van der Waals surface area contributed by atoms with E-state index in [1.807, 2.05) is 22.6 Å². The van der Waals surface area contributed by atoms with Crippen LogP contribution in [0.2, 0.25) is 0 Å². The van der Waals surface area contributed by atoms with Gasteiger partial charge in [0.15, 0.2) is 4.11 Å². The summed E-state index contributed by atoms with van der Waals surface area (Å²) in [6.07, 6.45) is 0. The molecule has 42 valence electrons. The molecule has 2 nitrogen and oxygen atoms in total. The minimum absolute atomic E-state index is 0.266. The fourth-order valence-electron chi connectivity index (χ4n) is 0.0900. The Hall–Kier alpha value is 0.390. The van der Waals surface area contributed by atoms with Crippen molar-refractivity contribution >= 4 is 22.6 Å². The third kappa shape index (κ3) is 3.02. The van der Waals surface area contributed by atoms with Crippen LogP contribution >= 0.6 is 22.6 Å². The molecule has 0 aliphatic rings. The first-order chi connectivity index (χ1) is 3.18. The van der Waals surface area contributed by atoms with Crippen LogP contribution in [0.15, 0.2) is 12.2 Å². The zero-order chi connectivity index (χ0) is 5.86. The lowest BCUT2D eigenvalue weighted by molar-refractivity contribution is -0.240. The zero-order valence-corrected chi connectivity index (χ0v) is 6.18. The lowest BCUT2D eigenvalue weighted by atomic mass is 10.4. The highest BCUT2D eigenvalue weighted by atomic mass is 127. The molecule has 0 fully saturated rings. The van der Waals surface area contributed by atoms with E-state index in [2.05, 4.69) is 11.5 Å². The van der Waals surface area contributed by atoms with Gasteiger partial charge < -0.3 is 0 Å². The second-order valence-corrected chi connectivity index (χ2v) is 2.40. The third-order valence-corrected chi connectivity index (χ3v) is 1.77. The summed E-state index contributed by atoms with van der Waals surface area (Å²) in [6.45, 7) is 5.32. The maximum absolute atomic E-state index is 7.94. The van der Waals surface area contributed by atoms with Gasteiger partial charge in [-0.15, -0.1) is 0 Å². The molecule has 0 radical (unpaired) electrons. The lowest BCUT2D eigenvalue weighted by Gasteiger charge is -2.00. The Balaban J connectivity index is 3.34. The van der Waals surface area contributed by atoms with Crippen LogP contribution in [0.4, 0.5) is 0 Å². The summed E-state index contributed by atoms with van der Waals surface area (Å²) < 4.78 is -0.266. The minimum atomic E-state index is -0.266. The first-order valence-electron chi connectivity index (χ1n) is 1.78. The van der Waals surface area contributed by atoms with E-state index >= 15 is 0 Å². The van der Waals surface area contributed by atoms with Gasteiger partial charge in [-0.3, -0.25) is 5.26 Å². The predicted octanol–water partition coefficient (Wildman–Crippen LogP) is 1.81. The molecule has 0 aliphatic carbocycles. The Bertz CT molecular complexity index is 72.1. The van der Waals surface area contributed by atoms with Gasteiger partial charge in [0.25, 0.3) is 0 Å². The van der Waals surface area contributed by atoms with Gasteiger partial charge in [0.1, 0.15) is 0 Å². The van der Waals surface area contributed by atoms with Crippen LogP contribution in [-0.2, 0) is 4.89 Å². The van der Waals surface area contributed by atoms with Gasteiger partial charge in [0.2, 0.25) is 0 Å². The smallest absolute Gasteiger partial charge is 0.164 e. The first-order valence-corrected chi connectivity index (χ1v) is 3.02. The molecule has 0 amide bonds. The summed E-state index contributed by atoms with van der Waals surface area (Å²) in [5.41, 5.74) is 0.808. The van der Waals surface area contributed by atoms with Crippen molar-refractivity contribution in [3.8, 4) is 0 Å². The largest absolute Gasteiger partial charge is 0.250 e. The molecule has 0 aromatic rings. The molecule has 1 unspecified atom stereocenters. The van der Waals surface area contributed by atoms with Crippen molar-refractivity contribution in [1.82, 2.24) is 0 Å². The van der Waals surface area contributed by atoms with Gasteiger partial charge in [-0.2, -0.15) is 0 Å². The molecule has 3 heteroatoms. The van der Waals surface area contributed by atoms with E-state index in [9.17, 15) is 0 Å². The van der Waals surface area contributed by atoms with Gasteiger partial charge >= 0.3 is 0 Å². The Labute approximate surface area is 56.2 Å². The average molecular weight is 214 g/mol. The molecule has 1 N–H and O–H groups in total. The van der Waals surface area contributed by atoms with Crippen LogP contribution in [0.5, 0.6) is 0 Å². The lowest BCUT2D eigenvalue weighted by Crippen LogP contribution is -1.99. The SMILES string of the molecule is C=C(C)C(I)OO. The third-order valence-electron chi connectivity index (χ3n) is 0.480. The monoisotopic (exact) mass is 214 g/mol. The van der Waals surface area contributed by atoms with Crippen molar-refractivity contribution in [2.45, 2.75) is 11.0 Å². The van der Waals surface area contributed by atoms with Gasteiger partial charge in [-0.25, -0.2) is 4.89 Å². The van der Waals surface area contributed by atoms with Crippen LogP contribution in [0.25, 0.3) is 0 Å². The van der Waals surface area contributed by atoms with E-state index in [0.717, 1.165) is 5.57 Å². The van der Waals surface area contributed by atoms with Gasteiger partial charge in [0, 0.05) is 0 Å². The topological polar surface area (TPSA) is 29.5 Å². The number of rotatable bonds is 2. The highest BCUT2D eigenvalue weighted by Gasteiger charge is 1.99. The van der Waals surface area contributed by atoms with E-state index in [-0.39, 0.29) is 4.11 Å². The Kier molecular flexibility index (Phi) is 3.59. The van der Waals surface area contributed by atoms with E-state index < -0.39 is 0 Å². The Morgan fingerprint density at radius 2 is 2.43 bits per heavy atom. The van der Waals surface area contributed by atoms with E-state index in [1.54, 1.807) is 6.92 Å². The summed E-state index contributed by atoms with van der Waals surface area (Å²) in [5.74, 6) is 0. The van der Waals surface area contributed by atoms with Crippen LogP contribution in [0.1, 0.15) is 6.92 Å². The molecule has 0 bridgehead atoms. The number of hydrogen-bond donors (Lipinski definition) is 1. The highest BCUT2D eigenvalue weighted by Crippen LogP contribution is 2.08. The summed E-state index contributed by atoms with van der Waals surface area (Å²) in [5, 5.41) is 7.94. The fraction of sp³-hybridized carbons (Fsp3) is 0.500. The van der Waals surface area contributed by atoms with Crippen molar-refractivity contribution < 1.29 is 10.1 Å². The maximum atomic E-state index is 7.94. The summed E-state index contributed by atoms with van der Waals surface area (Å²) in [6, 6.07) is 0. The Morgan fingerprint density at radius 3 is 2.43 bits per heavy atom. The van der Waals surface area contributed by atoms with Gasteiger partial charge in [-0.1, -0.05) is 6.58 Å². The molecule has 0 rings (SSSR count). The molecule has 0 saturated heterocycles. The summed E-state index contributed by atoms with van der Waals surface area (Å²) in [7, 11) is 0. The second kappa shape index (κ2) is 3.40. The molecule has 7 heavy (non-hydrogen) atoms.